The van der Waals surface area contributed by atoms with Gasteiger partial charge in [0.15, 0.2) is 16.6 Å². The quantitative estimate of drug-likeness (QED) is 0.104. The number of carbonyl (C=O) groups is 2. The second-order valence-electron chi connectivity index (χ2n) is 8.69. The van der Waals surface area contributed by atoms with E-state index < -0.39 is 5.97 Å². The van der Waals surface area contributed by atoms with Gasteiger partial charge in [-0.2, -0.15) is 0 Å². The summed E-state index contributed by atoms with van der Waals surface area (Å²) >= 11 is 20.1. The Morgan fingerprint density at radius 1 is 1.07 bits per heavy atom. The van der Waals surface area contributed by atoms with Crippen LogP contribution in [0.4, 0.5) is 5.69 Å². The summed E-state index contributed by atoms with van der Waals surface area (Å²) in [6.45, 7) is 2.04. The smallest absolute Gasteiger partial charge is 0.325 e. The number of aryl methyl sites for hydroxylation is 1. The number of hydrogen-bond donors (Lipinski definition) is 0. The third-order valence-electron chi connectivity index (χ3n) is 6.20. The topological polar surface area (TPSA) is 68.3 Å². The number of benzene rings is 3. The average Bonchev–Trinajstić information content (AvgIpc) is 3.16. The SMILES string of the molecule is CCc1ccc(N2C(=O)/C(=C/c3cc(I)c(OCc4ccc(Cl)cc4Cl)c(OC)c3)N(CC(=O)OC)C2=S)cc1. The summed E-state index contributed by atoms with van der Waals surface area (Å²) in [5.41, 5.74) is 3.40. The monoisotopic (exact) mass is 710 g/mol. The maximum Gasteiger partial charge on any atom is 0.325 e. The minimum atomic E-state index is -0.527. The summed E-state index contributed by atoms with van der Waals surface area (Å²) in [6, 6.07) is 16.4. The highest BCUT2D eigenvalue weighted by Crippen LogP contribution is 2.37. The summed E-state index contributed by atoms with van der Waals surface area (Å²) in [5, 5.41) is 1.22. The number of nitrogens with zero attached hydrogens (tertiary/aromatic N) is 2. The Morgan fingerprint density at radius 2 is 1.80 bits per heavy atom. The van der Waals surface area contributed by atoms with Crippen molar-refractivity contribution in [1.29, 1.82) is 0 Å². The van der Waals surface area contributed by atoms with Crippen LogP contribution in [0.15, 0.2) is 60.3 Å². The Morgan fingerprint density at radius 3 is 2.42 bits per heavy atom. The molecule has 0 radical (unpaired) electrons. The lowest BCUT2D eigenvalue weighted by molar-refractivity contribution is -0.140. The highest BCUT2D eigenvalue weighted by Gasteiger charge is 2.40. The van der Waals surface area contributed by atoms with Crippen molar-refractivity contribution < 1.29 is 23.8 Å². The largest absolute Gasteiger partial charge is 0.493 e. The molecule has 0 aromatic heterocycles. The lowest BCUT2D eigenvalue weighted by atomic mass is 10.1. The molecule has 0 unspecified atom stereocenters. The van der Waals surface area contributed by atoms with Crippen molar-refractivity contribution >= 4 is 86.8 Å². The minimum Gasteiger partial charge on any atom is -0.493 e. The van der Waals surface area contributed by atoms with Gasteiger partial charge in [0.25, 0.3) is 5.91 Å². The van der Waals surface area contributed by atoms with Gasteiger partial charge in [-0.05, 0) is 94.8 Å². The zero-order chi connectivity index (χ0) is 29.0. The molecule has 0 spiro atoms. The first-order valence-corrected chi connectivity index (χ1v) is 14.4. The van der Waals surface area contributed by atoms with Crippen molar-refractivity contribution in [3.63, 3.8) is 0 Å². The first-order valence-electron chi connectivity index (χ1n) is 12.1. The van der Waals surface area contributed by atoms with E-state index in [4.69, 9.17) is 49.6 Å². The molecule has 3 aromatic rings. The molecule has 0 bridgehead atoms. The van der Waals surface area contributed by atoms with Gasteiger partial charge < -0.3 is 19.1 Å². The van der Waals surface area contributed by atoms with Gasteiger partial charge in [-0.25, -0.2) is 0 Å². The van der Waals surface area contributed by atoms with Crippen LogP contribution in [0, 0.1) is 3.57 Å². The predicted octanol–water partition coefficient (Wildman–Crippen LogP) is 6.90. The highest BCUT2D eigenvalue weighted by molar-refractivity contribution is 14.1. The predicted molar refractivity (Wildman–Crippen MR) is 169 cm³/mol. The van der Waals surface area contributed by atoms with Crippen molar-refractivity contribution in [1.82, 2.24) is 4.90 Å². The summed E-state index contributed by atoms with van der Waals surface area (Å²) in [7, 11) is 2.82. The number of esters is 1. The van der Waals surface area contributed by atoms with Gasteiger partial charge in [-0.3, -0.25) is 14.5 Å². The van der Waals surface area contributed by atoms with Gasteiger partial charge in [-0.15, -0.1) is 0 Å². The van der Waals surface area contributed by atoms with E-state index in [9.17, 15) is 9.59 Å². The Kier molecular flexibility index (Phi) is 9.94. The van der Waals surface area contributed by atoms with Gasteiger partial charge in [0.2, 0.25) is 0 Å². The lowest BCUT2D eigenvalue weighted by Gasteiger charge is -2.19. The second-order valence-corrected chi connectivity index (χ2v) is 11.1. The summed E-state index contributed by atoms with van der Waals surface area (Å²) in [6.07, 6.45) is 2.54. The number of thiocarbonyl (C=S) groups is 1. The zero-order valence-corrected chi connectivity index (χ0v) is 26.4. The number of rotatable bonds is 9. The van der Waals surface area contributed by atoms with Crippen LogP contribution in [-0.2, 0) is 27.4 Å². The number of hydrogen-bond acceptors (Lipinski definition) is 6. The van der Waals surface area contributed by atoms with Crippen LogP contribution in [0.5, 0.6) is 11.5 Å². The van der Waals surface area contributed by atoms with E-state index in [1.165, 1.54) is 24.0 Å². The second kappa shape index (κ2) is 13.2. The fraction of sp³-hybridized carbons (Fsp3) is 0.207. The fourth-order valence-corrected chi connectivity index (χ4v) is 5.64. The third-order valence-corrected chi connectivity index (χ3v) is 7.99. The van der Waals surface area contributed by atoms with Gasteiger partial charge in [0, 0.05) is 15.6 Å². The summed E-state index contributed by atoms with van der Waals surface area (Å²) in [5.74, 6) is 0.0998. The molecule has 1 saturated heterocycles. The third kappa shape index (κ3) is 6.54. The molecule has 1 aliphatic rings. The Balaban J connectivity index is 1.68. The van der Waals surface area contributed by atoms with Gasteiger partial charge in [0.1, 0.15) is 18.8 Å². The molecule has 40 heavy (non-hydrogen) atoms. The molecule has 0 N–H and O–H groups in total. The van der Waals surface area contributed by atoms with E-state index in [0.717, 1.165) is 21.1 Å². The molecular weight excluding hydrogens is 686 g/mol. The fourth-order valence-electron chi connectivity index (χ4n) is 4.04. The highest BCUT2D eigenvalue weighted by atomic mass is 127. The van der Waals surface area contributed by atoms with Crippen LogP contribution in [0.25, 0.3) is 6.08 Å². The van der Waals surface area contributed by atoms with E-state index in [2.05, 4.69) is 29.5 Å². The first-order chi connectivity index (χ1) is 19.2. The van der Waals surface area contributed by atoms with Gasteiger partial charge in [-0.1, -0.05) is 48.3 Å². The molecule has 0 saturated carbocycles. The number of anilines is 1. The van der Waals surface area contributed by atoms with Crippen LogP contribution in [0.2, 0.25) is 10.0 Å². The molecule has 4 rings (SSSR count). The molecule has 3 aromatic carbocycles. The standard InChI is InChI=1S/C29H25Cl2IN2O5S/c1-4-17-5-9-21(10-6-17)34-28(36)24(33(29(34)40)15-26(35)38-3)12-18-11-23(32)27(25(13-18)37-2)39-16-19-7-8-20(30)14-22(19)31/h5-14H,4,15-16H2,1-3H3/b24-12-. The first kappa shape index (κ1) is 30.1. The van der Waals surface area contributed by atoms with E-state index in [0.29, 0.717) is 32.8 Å². The van der Waals surface area contributed by atoms with Crippen LogP contribution >= 0.6 is 58.0 Å². The lowest BCUT2D eigenvalue weighted by Crippen LogP contribution is -2.35. The minimum absolute atomic E-state index is 0.187. The van der Waals surface area contributed by atoms with E-state index in [1.807, 2.05) is 30.3 Å². The molecule has 208 valence electrons. The number of methoxy groups -OCH3 is 2. The van der Waals surface area contributed by atoms with Crippen LogP contribution < -0.4 is 14.4 Å². The van der Waals surface area contributed by atoms with E-state index >= 15 is 0 Å². The summed E-state index contributed by atoms with van der Waals surface area (Å²) in [4.78, 5) is 28.8. The van der Waals surface area contributed by atoms with Crippen LogP contribution in [0.1, 0.15) is 23.6 Å². The molecule has 1 heterocycles. The molecule has 1 fully saturated rings. The van der Waals surface area contributed by atoms with Crippen molar-refractivity contribution in [2.24, 2.45) is 0 Å². The maximum absolute atomic E-state index is 13.7. The van der Waals surface area contributed by atoms with E-state index in [1.54, 1.807) is 30.3 Å². The maximum atomic E-state index is 13.7. The Bertz CT molecular complexity index is 1500. The number of ether oxygens (including phenoxy) is 3. The number of halogens is 3. The van der Waals surface area contributed by atoms with Crippen molar-refractivity contribution in [3.8, 4) is 11.5 Å². The molecule has 0 atom stereocenters. The van der Waals surface area contributed by atoms with Gasteiger partial charge in [0.05, 0.1) is 23.5 Å². The normalized spacial score (nSPS) is 14.2. The molecule has 11 heteroatoms. The molecule has 1 aliphatic heterocycles. The molecule has 7 nitrogen and oxygen atoms in total. The number of carbonyl (C=O) groups excluding carboxylic acids is 2. The number of amides is 1. The molecule has 0 aliphatic carbocycles. The van der Waals surface area contributed by atoms with Crippen molar-refractivity contribution in [2.75, 3.05) is 25.7 Å². The van der Waals surface area contributed by atoms with Crippen LogP contribution in [0.3, 0.4) is 0 Å². The zero-order valence-electron chi connectivity index (χ0n) is 21.9. The van der Waals surface area contributed by atoms with Crippen molar-refractivity contribution in [3.05, 3.63) is 90.6 Å². The average molecular weight is 711 g/mol. The van der Waals surface area contributed by atoms with Crippen LogP contribution in [-0.4, -0.2) is 42.7 Å². The summed E-state index contributed by atoms with van der Waals surface area (Å²) < 4.78 is 17.3. The Labute approximate surface area is 261 Å². The van der Waals surface area contributed by atoms with E-state index in [-0.39, 0.29) is 29.9 Å². The van der Waals surface area contributed by atoms with Gasteiger partial charge >= 0.3 is 5.97 Å². The van der Waals surface area contributed by atoms with Crippen molar-refractivity contribution in [2.45, 2.75) is 20.0 Å². The Hall–Kier alpha value is -2.86. The molecular formula is C29H25Cl2IN2O5S. The molecule has 1 amide bonds.